The molecule has 0 saturated heterocycles. The van der Waals surface area contributed by atoms with Crippen LogP contribution >= 0.6 is 27.8 Å². The molecule has 0 heterocycles. The van der Waals surface area contributed by atoms with E-state index in [1.54, 1.807) is 0 Å². The number of unbranched alkanes of at least 4 members (excludes halogenated alkanes) is 1. The van der Waals surface area contributed by atoms with Crippen LogP contribution in [0, 0.1) is 0 Å². The van der Waals surface area contributed by atoms with E-state index in [4.69, 9.17) is 19.6 Å². The van der Waals surface area contributed by atoms with Crippen molar-refractivity contribution in [2.24, 2.45) is 0 Å². The van der Waals surface area contributed by atoms with E-state index >= 15 is 0 Å². The fourth-order valence-electron chi connectivity index (χ4n) is 0.971. The molecule has 6 nitrogen and oxygen atoms in total. The lowest BCUT2D eigenvalue weighted by Crippen LogP contribution is -2.09. The van der Waals surface area contributed by atoms with Crippen molar-refractivity contribution in [3.8, 4) is 0 Å². The zero-order chi connectivity index (χ0) is 11.4. The maximum atomic E-state index is 10.8. The third kappa shape index (κ3) is 5.51. The Bertz CT molecular complexity index is 235. The van der Waals surface area contributed by atoms with E-state index in [1.807, 2.05) is 0 Å². The molecule has 9 heteroatoms. The summed E-state index contributed by atoms with van der Waals surface area (Å²) >= 11 is 3.88. The fraction of sp³-hybridized carbons (Fsp3) is 1.00. The molecule has 0 aromatic rings. The van der Waals surface area contributed by atoms with Crippen molar-refractivity contribution in [1.29, 1.82) is 0 Å². The van der Waals surface area contributed by atoms with Gasteiger partial charge in [0, 0.05) is 0 Å². The first-order valence-corrected chi connectivity index (χ1v) is 7.90. The smallest absolute Gasteiger partial charge is 0.324 e. The monoisotopic (exact) mass is 264 g/mol. The minimum absolute atomic E-state index is 0.185. The Morgan fingerprint density at radius 2 is 1.43 bits per heavy atom. The van der Waals surface area contributed by atoms with Crippen molar-refractivity contribution >= 4 is 27.8 Å². The van der Waals surface area contributed by atoms with Gasteiger partial charge >= 0.3 is 15.2 Å². The van der Waals surface area contributed by atoms with Gasteiger partial charge in [-0.15, -0.1) is 0 Å². The average molecular weight is 264 g/mol. The first kappa shape index (κ1) is 14.6. The van der Waals surface area contributed by atoms with Crippen molar-refractivity contribution in [2.75, 3.05) is 5.75 Å². The van der Waals surface area contributed by atoms with Crippen LogP contribution in [0.3, 0.4) is 0 Å². The number of hydrogen-bond donors (Lipinski definition) is 5. The van der Waals surface area contributed by atoms with Crippen LogP contribution < -0.4 is 0 Å². The van der Waals surface area contributed by atoms with Gasteiger partial charge < -0.3 is 19.6 Å². The zero-order valence-electron chi connectivity index (χ0n) is 7.35. The van der Waals surface area contributed by atoms with Gasteiger partial charge in [0.1, 0.15) is 0 Å². The molecule has 0 aromatic heterocycles. The quantitative estimate of drug-likeness (QED) is 0.275. The van der Waals surface area contributed by atoms with Crippen molar-refractivity contribution in [3.05, 3.63) is 0 Å². The maximum Gasteiger partial charge on any atom is 0.340 e. The molecule has 0 radical (unpaired) electrons. The largest absolute Gasteiger partial charge is 0.340 e. The highest BCUT2D eigenvalue weighted by atomic mass is 32.1. The lowest BCUT2D eigenvalue weighted by atomic mass is 10.3. The van der Waals surface area contributed by atoms with Crippen LogP contribution in [0.1, 0.15) is 19.3 Å². The second-order valence-corrected chi connectivity index (χ2v) is 7.34. The number of rotatable bonds is 6. The SMILES string of the molecule is O=P(O)(O)C(CCCCS)P(=O)(O)O. The summed E-state index contributed by atoms with van der Waals surface area (Å²) in [5.41, 5.74) is 0. The predicted octanol–water partition coefficient (Wildman–Crippen LogP) is 0.768. The molecule has 0 aromatic carbocycles. The van der Waals surface area contributed by atoms with Gasteiger partial charge in [0.2, 0.25) is 0 Å². The van der Waals surface area contributed by atoms with Gasteiger partial charge in [-0.3, -0.25) is 9.13 Å². The molecule has 0 aliphatic heterocycles. The summed E-state index contributed by atoms with van der Waals surface area (Å²) in [5.74, 6) is 0.523. The van der Waals surface area contributed by atoms with Crippen molar-refractivity contribution < 1.29 is 28.7 Å². The molecule has 0 bridgehead atoms. The second kappa shape index (κ2) is 5.66. The summed E-state index contributed by atoms with van der Waals surface area (Å²) < 4.78 is 21.5. The van der Waals surface area contributed by atoms with E-state index in [-0.39, 0.29) is 6.42 Å². The Balaban J connectivity index is 4.45. The molecule has 0 aliphatic carbocycles. The second-order valence-electron chi connectivity index (χ2n) is 2.88. The molecule has 0 unspecified atom stereocenters. The topological polar surface area (TPSA) is 115 Å². The Kier molecular flexibility index (Phi) is 5.92. The minimum atomic E-state index is -4.73. The molecule has 4 N–H and O–H groups in total. The highest BCUT2D eigenvalue weighted by Gasteiger charge is 2.42. The van der Waals surface area contributed by atoms with Crippen LogP contribution in [-0.4, -0.2) is 30.7 Å². The first-order chi connectivity index (χ1) is 6.19. The van der Waals surface area contributed by atoms with Crippen LogP contribution in [0.2, 0.25) is 0 Å². The van der Waals surface area contributed by atoms with Crippen LogP contribution in [-0.2, 0) is 9.13 Å². The zero-order valence-corrected chi connectivity index (χ0v) is 10.0. The van der Waals surface area contributed by atoms with Crippen LogP contribution in [0.15, 0.2) is 0 Å². The highest BCUT2D eigenvalue weighted by Crippen LogP contribution is 2.61. The van der Waals surface area contributed by atoms with Crippen molar-refractivity contribution in [3.63, 3.8) is 0 Å². The molecule has 0 amide bonds. The third-order valence-electron chi connectivity index (χ3n) is 1.65. The standard InChI is InChI=1S/C5H14O6P2S/c6-12(7,8)5(13(9,10)11)3-1-2-4-14/h5,14H,1-4H2,(H2,6,7,8)(H2,9,10,11). The minimum Gasteiger partial charge on any atom is -0.324 e. The summed E-state index contributed by atoms with van der Waals surface area (Å²) in [7, 11) is -9.45. The molecule has 86 valence electrons. The fourth-order valence-corrected chi connectivity index (χ4v) is 3.80. The van der Waals surface area contributed by atoms with Gasteiger partial charge in [-0.05, 0) is 18.6 Å². The van der Waals surface area contributed by atoms with E-state index < -0.39 is 20.6 Å². The van der Waals surface area contributed by atoms with E-state index in [9.17, 15) is 9.13 Å². The van der Waals surface area contributed by atoms with E-state index in [1.165, 1.54) is 0 Å². The van der Waals surface area contributed by atoms with Gasteiger partial charge in [0.15, 0.2) is 5.40 Å². The third-order valence-corrected chi connectivity index (χ3v) is 5.84. The number of thiol groups is 1. The Morgan fingerprint density at radius 1 is 1.00 bits per heavy atom. The van der Waals surface area contributed by atoms with Gasteiger partial charge in [-0.2, -0.15) is 12.6 Å². The summed E-state index contributed by atoms with van der Waals surface area (Å²) in [6.07, 6.45) is 0.721. The summed E-state index contributed by atoms with van der Waals surface area (Å²) in [6.45, 7) is 0. The Hall–Kier alpha value is 0.650. The highest BCUT2D eigenvalue weighted by molar-refractivity contribution is 7.80. The molecule has 0 aliphatic rings. The predicted molar refractivity (Wildman–Crippen MR) is 55.6 cm³/mol. The van der Waals surface area contributed by atoms with Crippen molar-refractivity contribution in [1.82, 2.24) is 0 Å². The molecule has 14 heavy (non-hydrogen) atoms. The first-order valence-electron chi connectivity index (χ1n) is 3.91. The van der Waals surface area contributed by atoms with E-state index in [0.29, 0.717) is 18.6 Å². The molecule has 0 saturated carbocycles. The van der Waals surface area contributed by atoms with Crippen LogP contribution in [0.4, 0.5) is 0 Å². The summed E-state index contributed by atoms with van der Waals surface area (Å²) in [5, 5.41) is -1.87. The van der Waals surface area contributed by atoms with Gasteiger partial charge in [-0.1, -0.05) is 6.42 Å². The molecular formula is C5H14O6P2S. The van der Waals surface area contributed by atoms with E-state index in [0.717, 1.165) is 0 Å². The molecule has 0 atom stereocenters. The normalized spacial score (nSPS) is 13.6. The Morgan fingerprint density at radius 3 is 1.71 bits per heavy atom. The van der Waals surface area contributed by atoms with Gasteiger partial charge in [-0.25, -0.2) is 0 Å². The molecule has 0 spiro atoms. The van der Waals surface area contributed by atoms with E-state index in [2.05, 4.69) is 12.6 Å². The molecule has 0 rings (SSSR count). The Labute approximate surface area is 87.5 Å². The summed E-state index contributed by atoms with van der Waals surface area (Å²) in [6, 6.07) is 0. The maximum absolute atomic E-state index is 10.8. The van der Waals surface area contributed by atoms with Gasteiger partial charge in [0.05, 0.1) is 0 Å². The lowest BCUT2D eigenvalue weighted by Gasteiger charge is -2.18. The van der Waals surface area contributed by atoms with Crippen LogP contribution in [0.5, 0.6) is 0 Å². The van der Waals surface area contributed by atoms with Crippen LogP contribution in [0.25, 0.3) is 0 Å². The molecule has 0 fully saturated rings. The van der Waals surface area contributed by atoms with Gasteiger partial charge in [0.25, 0.3) is 0 Å². The molecular weight excluding hydrogens is 250 g/mol. The lowest BCUT2D eigenvalue weighted by molar-refractivity contribution is 0.334. The average Bonchev–Trinajstić information content (AvgIpc) is 1.92. The van der Waals surface area contributed by atoms with Crippen molar-refractivity contribution in [2.45, 2.75) is 24.7 Å². The number of hydrogen-bond acceptors (Lipinski definition) is 3. The summed E-state index contributed by atoms with van der Waals surface area (Å²) in [4.78, 5) is 34.8.